The van der Waals surface area contributed by atoms with E-state index in [4.69, 9.17) is 9.84 Å². The summed E-state index contributed by atoms with van der Waals surface area (Å²) in [5.74, 6) is -0.0233. The van der Waals surface area contributed by atoms with Crippen molar-refractivity contribution in [2.45, 2.75) is 12.8 Å². The predicted molar refractivity (Wildman–Crippen MR) is 61.7 cm³/mol. The van der Waals surface area contributed by atoms with Gasteiger partial charge in [-0.1, -0.05) is 6.07 Å². The summed E-state index contributed by atoms with van der Waals surface area (Å²) in [6.45, 7) is 0. The molecule has 4 heteroatoms. The second-order valence-electron chi connectivity index (χ2n) is 2.81. The van der Waals surface area contributed by atoms with Gasteiger partial charge in [0.05, 0.1) is 7.11 Å². The van der Waals surface area contributed by atoms with Gasteiger partial charge in [0, 0.05) is 15.6 Å². The molecule has 0 aliphatic carbocycles. The van der Waals surface area contributed by atoms with Gasteiger partial charge in [0.1, 0.15) is 5.75 Å². The minimum absolute atomic E-state index is 0.135. The normalized spacial score (nSPS) is 9.86. The Hall–Kier alpha value is -0.780. The van der Waals surface area contributed by atoms with E-state index in [0.29, 0.717) is 6.42 Å². The highest BCUT2D eigenvalue weighted by Crippen LogP contribution is 2.24. The van der Waals surface area contributed by atoms with Crippen molar-refractivity contribution in [2.24, 2.45) is 0 Å². The molecule has 0 aliphatic rings. The van der Waals surface area contributed by atoms with Crippen LogP contribution in [-0.4, -0.2) is 18.2 Å². The maximum atomic E-state index is 10.4. The Morgan fingerprint density at radius 1 is 1.57 bits per heavy atom. The number of methoxy groups -OCH3 is 1. The molecule has 0 aliphatic heterocycles. The third-order valence-corrected chi connectivity index (χ3v) is 2.90. The van der Waals surface area contributed by atoms with Crippen molar-refractivity contribution in [1.82, 2.24) is 0 Å². The van der Waals surface area contributed by atoms with Gasteiger partial charge in [0.25, 0.3) is 0 Å². The molecule has 1 aromatic rings. The van der Waals surface area contributed by atoms with Crippen molar-refractivity contribution >= 4 is 28.6 Å². The third kappa shape index (κ3) is 2.87. The van der Waals surface area contributed by atoms with E-state index in [2.05, 4.69) is 22.6 Å². The highest BCUT2D eigenvalue weighted by molar-refractivity contribution is 14.1. The van der Waals surface area contributed by atoms with E-state index in [-0.39, 0.29) is 6.42 Å². The zero-order chi connectivity index (χ0) is 10.6. The summed E-state index contributed by atoms with van der Waals surface area (Å²) < 4.78 is 6.21. The number of carboxylic acid groups (broad SMARTS) is 1. The number of ether oxygens (including phenoxy) is 1. The Balaban J connectivity index is 2.87. The van der Waals surface area contributed by atoms with Crippen LogP contribution in [0, 0.1) is 3.57 Å². The molecule has 0 atom stereocenters. The molecule has 1 rings (SSSR count). The molecule has 0 saturated heterocycles. The molecule has 14 heavy (non-hydrogen) atoms. The van der Waals surface area contributed by atoms with Gasteiger partial charge in [-0.05, 0) is 41.1 Å². The van der Waals surface area contributed by atoms with Crippen molar-refractivity contribution in [2.75, 3.05) is 7.11 Å². The summed E-state index contributed by atoms with van der Waals surface area (Å²) >= 11 is 2.18. The molecule has 76 valence electrons. The van der Waals surface area contributed by atoms with Gasteiger partial charge >= 0.3 is 5.97 Å². The Bertz CT molecular complexity index is 336. The summed E-state index contributed by atoms with van der Waals surface area (Å²) in [5, 5.41) is 8.59. The summed E-state index contributed by atoms with van der Waals surface area (Å²) in [6, 6.07) is 5.69. The summed E-state index contributed by atoms with van der Waals surface area (Å²) in [6.07, 6.45) is 0.647. The fourth-order valence-corrected chi connectivity index (χ4v) is 1.95. The van der Waals surface area contributed by atoms with Crippen LogP contribution in [0.3, 0.4) is 0 Å². The van der Waals surface area contributed by atoms with E-state index in [9.17, 15) is 4.79 Å². The monoisotopic (exact) mass is 306 g/mol. The van der Waals surface area contributed by atoms with E-state index in [1.54, 1.807) is 7.11 Å². The average Bonchev–Trinajstić information content (AvgIpc) is 2.15. The van der Waals surface area contributed by atoms with Crippen LogP contribution in [0.1, 0.15) is 12.0 Å². The fraction of sp³-hybridized carbons (Fsp3) is 0.300. The molecule has 3 nitrogen and oxygen atoms in total. The van der Waals surface area contributed by atoms with Gasteiger partial charge in [0.15, 0.2) is 0 Å². The first-order chi connectivity index (χ1) is 6.65. The molecule has 0 aromatic heterocycles. The van der Waals surface area contributed by atoms with Gasteiger partial charge in [-0.15, -0.1) is 0 Å². The molecule has 0 bridgehead atoms. The highest BCUT2D eigenvalue weighted by atomic mass is 127. The second kappa shape index (κ2) is 5.19. The standard InChI is InChI=1S/C10H11IO3/c1-14-9-4-2-3-8(11)7(9)5-6-10(12)13/h2-4H,5-6H2,1H3,(H,12,13). The van der Waals surface area contributed by atoms with Crippen LogP contribution in [-0.2, 0) is 11.2 Å². The van der Waals surface area contributed by atoms with Crippen molar-refractivity contribution in [3.05, 3.63) is 27.3 Å². The summed E-state index contributed by atoms with van der Waals surface area (Å²) in [7, 11) is 1.59. The first-order valence-corrected chi connectivity index (χ1v) is 5.26. The van der Waals surface area contributed by atoms with Gasteiger partial charge in [0.2, 0.25) is 0 Å². The maximum Gasteiger partial charge on any atom is 0.303 e. The molecular weight excluding hydrogens is 295 g/mol. The van der Waals surface area contributed by atoms with E-state index in [1.807, 2.05) is 18.2 Å². The predicted octanol–water partition coefficient (Wildman–Crippen LogP) is 2.32. The third-order valence-electron chi connectivity index (χ3n) is 1.88. The number of hydrogen-bond acceptors (Lipinski definition) is 2. The van der Waals surface area contributed by atoms with Crippen LogP contribution in [0.25, 0.3) is 0 Å². The van der Waals surface area contributed by atoms with E-state index >= 15 is 0 Å². The molecule has 0 saturated carbocycles. The summed E-state index contributed by atoms with van der Waals surface area (Å²) in [5.41, 5.74) is 0.970. The van der Waals surface area contributed by atoms with E-state index < -0.39 is 5.97 Å². The minimum atomic E-state index is -0.785. The van der Waals surface area contributed by atoms with Gasteiger partial charge in [-0.2, -0.15) is 0 Å². The van der Waals surface area contributed by atoms with E-state index in [0.717, 1.165) is 14.9 Å². The molecule has 0 unspecified atom stereocenters. The lowest BCUT2D eigenvalue weighted by Gasteiger charge is -2.08. The molecule has 0 heterocycles. The first kappa shape index (κ1) is 11.3. The topological polar surface area (TPSA) is 46.5 Å². The van der Waals surface area contributed by atoms with E-state index in [1.165, 1.54) is 0 Å². The maximum absolute atomic E-state index is 10.4. The Morgan fingerprint density at radius 3 is 2.86 bits per heavy atom. The van der Waals surface area contributed by atoms with Crippen LogP contribution < -0.4 is 4.74 Å². The van der Waals surface area contributed by atoms with Crippen molar-refractivity contribution in [3.8, 4) is 5.75 Å². The molecular formula is C10H11IO3. The van der Waals surface area contributed by atoms with Crippen LogP contribution in [0.15, 0.2) is 18.2 Å². The fourth-order valence-electron chi connectivity index (χ4n) is 1.20. The molecule has 1 aromatic carbocycles. The van der Waals surface area contributed by atoms with Gasteiger partial charge in [-0.25, -0.2) is 0 Å². The number of carboxylic acids is 1. The Labute approximate surface area is 96.2 Å². The van der Waals surface area contributed by atoms with Crippen molar-refractivity contribution in [1.29, 1.82) is 0 Å². The van der Waals surface area contributed by atoms with Crippen LogP contribution in [0.4, 0.5) is 0 Å². The number of hydrogen-bond donors (Lipinski definition) is 1. The van der Waals surface area contributed by atoms with Crippen molar-refractivity contribution < 1.29 is 14.6 Å². The molecule has 0 fully saturated rings. The summed E-state index contributed by atoms with van der Waals surface area (Å²) in [4.78, 5) is 10.4. The number of aliphatic carboxylic acids is 1. The Morgan fingerprint density at radius 2 is 2.29 bits per heavy atom. The lowest BCUT2D eigenvalue weighted by Crippen LogP contribution is -2.01. The second-order valence-corrected chi connectivity index (χ2v) is 3.98. The molecule has 0 radical (unpaired) electrons. The highest BCUT2D eigenvalue weighted by Gasteiger charge is 2.08. The molecule has 0 amide bonds. The lowest BCUT2D eigenvalue weighted by atomic mass is 10.1. The average molecular weight is 306 g/mol. The SMILES string of the molecule is COc1cccc(I)c1CCC(=O)O. The number of benzene rings is 1. The van der Waals surface area contributed by atoms with Gasteiger partial charge in [-0.3, -0.25) is 4.79 Å². The molecule has 1 N–H and O–H groups in total. The largest absolute Gasteiger partial charge is 0.496 e. The quantitative estimate of drug-likeness (QED) is 0.868. The lowest BCUT2D eigenvalue weighted by molar-refractivity contribution is -0.136. The number of halogens is 1. The number of rotatable bonds is 4. The molecule has 0 spiro atoms. The minimum Gasteiger partial charge on any atom is -0.496 e. The van der Waals surface area contributed by atoms with Gasteiger partial charge < -0.3 is 9.84 Å². The zero-order valence-electron chi connectivity index (χ0n) is 7.79. The smallest absolute Gasteiger partial charge is 0.303 e. The zero-order valence-corrected chi connectivity index (χ0v) is 9.95. The van der Waals surface area contributed by atoms with Crippen molar-refractivity contribution in [3.63, 3.8) is 0 Å². The van der Waals surface area contributed by atoms with Crippen LogP contribution in [0.2, 0.25) is 0 Å². The van der Waals surface area contributed by atoms with Crippen LogP contribution >= 0.6 is 22.6 Å². The Kier molecular flexibility index (Phi) is 4.19. The first-order valence-electron chi connectivity index (χ1n) is 4.18. The van der Waals surface area contributed by atoms with Crippen LogP contribution in [0.5, 0.6) is 5.75 Å². The number of carbonyl (C=O) groups is 1.